The van der Waals surface area contributed by atoms with Crippen LogP contribution in [0.4, 0.5) is 5.69 Å². The minimum atomic E-state index is 0.389. The number of hydrogen-bond acceptors (Lipinski definition) is 1. The Labute approximate surface area is 173 Å². The Kier molecular flexibility index (Phi) is 5.20. The molecule has 28 heavy (non-hydrogen) atoms. The van der Waals surface area contributed by atoms with E-state index >= 15 is 0 Å². The zero-order chi connectivity index (χ0) is 19.5. The fourth-order valence-electron chi connectivity index (χ4n) is 2.95. The highest BCUT2D eigenvalue weighted by Gasteiger charge is 2.04. The van der Waals surface area contributed by atoms with Gasteiger partial charge in [-0.2, -0.15) is 0 Å². The van der Waals surface area contributed by atoms with Crippen LogP contribution in [-0.4, -0.2) is 10.8 Å². The molecule has 0 aliphatic carbocycles. The van der Waals surface area contributed by atoms with Gasteiger partial charge in [-0.05, 0) is 82.8 Å². The number of aliphatic imine (C=N–C) groups is 1. The van der Waals surface area contributed by atoms with Crippen LogP contribution in [0.3, 0.4) is 0 Å². The second kappa shape index (κ2) is 7.93. The summed E-state index contributed by atoms with van der Waals surface area (Å²) < 4.78 is 0. The third kappa shape index (κ3) is 4.11. The average molecular weight is 406 g/mol. The highest BCUT2D eigenvalue weighted by Crippen LogP contribution is 2.28. The van der Waals surface area contributed by atoms with Gasteiger partial charge >= 0.3 is 0 Å². The molecule has 0 atom stereocenters. The van der Waals surface area contributed by atoms with Crippen LogP contribution in [0, 0.1) is 0 Å². The predicted molar refractivity (Wildman–Crippen MR) is 121 cm³/mol. The number of benzene rings is 3. The van der Waals surface area contributed by atoms with Crippen molar-refractivity contribution in [3.8, 4) is 11.1 Å². The minimum absolute atomic E-state index is 0.389. The van der Waals surface area contributed by atoms with Crippen LogP contribution in [0.25, 0.3) is 28.1 Å². The molecule has 4 rings (SSSR count). The number of nitrogens with zero attached hydrogens (tertiary/aromatic N) is 1. The molecule has 0 saturated heterocycles. The Hall–Kier alpha value is -3.01. The van der Waals surface area contributed by atoms with E-state index in [1.54, 1.807) is 18.2 Å². The van der Waals surface area contributed by atoms with Gasteiger partial charge in [0.15, 0.2) is 0 Å². The topological polar surface area (TPSA) is 54.2 Å². The molecule has 0 fully saturated rings. The van der Waals surface area contributed by atoms with Gasteiger partial charge in [-0.1, -0.05) is 41.4 Å². The van der Waals surface area contributed by atoms with E-state index < -0.39 is 0 Å². The summed E-state index contributed by atoms with van der Waals surface area (Å²) in [6.45, 7) is 0. The number of rotatable bonds is 4. The SMILES string of the molecule is NC(/C=C/c1ccc(-c2ccc3[nH]ccc3c2)cc1Cl)=Nc1ccc(Cl)cc1. The molecule has 0 unspecified atom stereocenters. The number of amidine groups is 1. The van der Waals surface area contributed by atoms with Gasteiger partial charge in [0.2, 0.25) is 0 Å². The van der Waals surface area contributed by atoms with Gasteiger partial charge in [0.1, 0.15) is 5.84 Å². The summed E-state index contributed by atoms with van der Waals surface area (Å²) in [5.41, 5.74) is 10.9. The van der Waals surface area contributed by atoms with Crippen LogP contribution < -0.4 is 5.73 Å². The molecule has 0 spiro atoms. The summed E-state index contributed by atoms with van der Waals surface area (Å²) in [7, 11) is 0. The lowest BCUT2D eigenvalue weighted by molar-refractivity contribution is 1.48. The Morgan fingerprint density at radius 1 is 0.893 bits per heavy atom. The number of aromatic amines is 1. The first kappa shape index (κ1) is 18.4. The number of fused-ring (bicyclic) bond motifs is 1. The zero-order valence-corrected chi connectivity index (χ0v) is 16.4. The molecule has 1 heterocycles. The Bertz CT molecular complexity index is 1190. The van der Waals surface area contributed by atoms with E-state index in [4.69, 9.17) is 28.9 Å². The summed E-state index contributed by atoms with van der Waals surface area (Å²) in [5.74, 6) is 0.389. The molecule has 138 valence electrons. The number of hydrogen-bond donors (Lipinski definition) is 2. The maximum Gasteiger partial charge on any atom is 0.124 e. The van der Waals surface area contributed by atoms with Crippen molar-refractivity contribution in [3.63, 3.8) is 0 Å². The quantitative estimate of drug-likeness (QED) is 0.283. The predicted octanol–water partition coefficient (Wildman–Crippen LogP) is 6.84. The number of halogens is 2. The van der Waals surface area contributed by atoms with Crippen molar-refractivity contribution >= 4 is 51.7 Å². The van der Waals surface area contributed by atoms with Gasteiger partial charge < -0.3 is 10.7 Å². The third-order valence-electron chi connectivity index (χ3n) is 4.41. The lowest BCUT2D eigenvalue weighted by Crippen LogP contribution is -2.06. The molecule has 1 aromatic heterocycles. The van der Waals surface area contributed by atoms with Crippen molar-refractivity contribution in [1.82, 2.24) is 4.98 Å². The van der Waals surface area contributed by atoms with Gasteiger partial charge in [-0.3, -0.25) is 0 Å². The second-order valence-electron chi connectivity index (χ2n) is 6.36. The first-order valence-corrected chi connectivity index (χ1v) is 9.49. The fraction of sp³-hybridized carbons (Fsp3) is 0. The molecule has 0 saturated carbocycles. The molecule has 0 amide bonds. The Balaban J connectivity index is 1.55. The summed E-state index contributed by atoms with van der Waals surface area (Å²) >= 11 is 12.4. The normalized spacial score (nSPS) is 12.1. The molecular weight excluding hydrogens is 389 g/mol. The van der Waals surface area contributed by atoms with E-state index in [0.717, 1.165) is 27.9 Å². The Morgan fingerprint density at radius 2 is 1.64 bits per heavy atom. The average Bonchev–Trinajstić information content (AvgIpc) is 3.16. The molecule has 4 aromatic rings. The molecule has 3 aromatic carbocycles. The van der Waals surface area contributed by atoms with Crippen molar-refractivity contribution < 1.29 is 0 Å². The van der Waals surface area contributed by atoms with E-state index in [1.165, 1.54) is 5.39 Å². The van der Waals surface area contributed by atoms with Gasteiger partial charge in [-0.15, -0.1) is 0 Å². The van der Waals surface area contributed by atoms with Crippen LogP contribution in [0.2, 0.25) is 10.0 Å². The highest BCUT2D eigenvalue weighted by atomic mass is 35.5. The number of nitrogens with one attached hydrogen (secondary N) is 1. The molecule has 0 radical (unpaired) electrons. The van der Waals surface area contributed by atoms with Crippen LogP contribution >= 0.6 is 23.2 Å². The van der Waals surface area contributed by atoms with Crippen LogP contribution in [0.5, 0.6) is 0 Å². The minimum Gasteiger partial charge on any atom is -0.384 e. The summed E-state index contributed by atoms with van der Waals surface area (Å²) in [5, 5.41) is 2.49. The van der Waals surface area contributed by atoms with Gasteiger partial charge in [-0.25, -0.2) is 4.99 Å². The summed E-state index contributed by atoms with van der Waals surface area (Å²) in [6, 6.07) is 21.5. The first-order valence-electron chi connectivity index (χ1n) is 8.73. The van der Waals surface area contributed by atoms with Gasteiger partial charge in [0.25, 0.3) is 0 Å². The lowest BCUT2D eigenvalue weighted by atomic mass is 10.0. The highest BCUT2D eigenvalue weighted by molar-refractivity contribution is 6.32. The molecule has 3 nitrogen and oxygen atoms in total. The summed E-state index contributed by atoms with van der Waals surface area (Å²) in [6.07, 6.45) is 5.53. The van der Waals surface area contributed by atoms with E-state index in [0.29, 0.717) is 15.9 Å². The molecule has 5 heteroatoms. The molecule has 0 aliphatic heterocycles. The lowest BCUT2D eigenvalue weighted by Gasteiger charge is -2.05. The zero-order valence-electron chi connectivity index (χ0n) is 14.9. The van der Waals surface area contributed by atoms with Gasteiger partial charge in [0, 0.05) is 21.8 Å². The smallest absolute Gasteiger partial charge is 0.124 e. The molecule has 3 N–H and O–H groups in total. The maximum atomic E-state index is 6.48. The van der Waals surface area contributed by atoms with Crippen LogP contribution in [0.15, 0.2) is 84.0 Å². The molecule has 0 bridgehead atoms. The maximum absolute atomic E-state index is 6.48. The number of nitrogens with two attached hydrogens (primary N) is 1. The van der Waals surface area contributed by atoms with E-state index in [9.17, 15) is 0 Å². The second-order valence-corrected chi connectivity index (χ2v) is 7.21. The van der Waals surface area contributed by atoms with Crippen molar-refractivity contribution in [3.05, 3.63) is 94.6 Å². The number of H-pyrrole nitrogens is 1. The van der Waals surface area contributed by atoms with E-state index in [1.807, 2.05) is 42.6 Å². The van der Waals surface area contributed by atoms with Crippen molar-refractivity contribution in [1.29, 1.82) is 0 Å². The third-order valence-corrected chi connectivity index (χ3v) is 4.98. The van der Waals surface area contributed by atoms with E-state index in [-0.39, 0.29) is 0 Å². The number of aromatic nitrogens is 1. The van der Waals surface area contributed by atoms with Gasteiger partial charge in [0.05, 0.1) is 5.69 Å². The van der Waals surface area contributed by atoms with Crippen molar-refractivity contribution in [2.45, 2.75) is 0 Å². The Morgan fingerprint density at radius 3 is 2.43 bits per heavy atom. The fourth-order valence-corrected chi connectivity index (χ4v) is 3.32. The standard InChI is InChI=1S/C23H17Cl2N3/c24-19-5-7-20(8-6-19)28-23(26)10-4-15-1-2-17(14-21(15)25)16-3-9-22-18(13-16)11-12-27-22/h1-14,27H,(H2,26,28)/b10-4+. The largest absolute Gasteiger partial charge is 0.384 e. The van der Waals surface area contributed by atoms with E-state index in [2.05, 4.69) is 34.2 Å². The molecular formula is C23H17Cl2N3. The van der Waals surface area contributed by atoms with Crippen molar-refractivity contribution in [2.24, 2.45) is 10.7 Å². The van der Waals surface area contributed by atoms with Crippen LogP contribution in [0.1, 0.15) is 5.56 Å². The molecule has 0 aliphatic rings. The van der Waals surface area contributed by atoms with Crippen molar-refractivity contribution in [2.75, 3.05) is 0 Å². The monoisotopic (exact) mass is 405 g/mol. The summed E-state index contributed by atoms with van der Waals surface area (Å²) in [4.78, 5) is 7.54. The first-order chi connectivity index (χ1) is 13.6. The van der Waals surface area contributed by atoms with Crippen LogP contribution in [-0.2, 0) is 0 Å².